The van der Waals surface area contributed by atoms with Crippen LogP contribution in [0.3, 0.4) is 0 Å². The van der Waals surface area contributed by atoms with Crippen molar-refractivity contribution >= 4 is 23.4 Å². The zero-order chi connectivity index (χ0) is 19.1. The molecule has 0 fully saturated rings. The number of rotatable bonds is 7. The molecule has 6 heteroatoms. The molecule has 2 N–H and O–H groups in total. The largest absolute Gasteiger partial charge is 0.354 e. The highest BCUT2D eigenvalue weighted by Gasteiger charge is 2.25. The van der Waals surface area contributed by atoms with Gasteiger partial charge in [-0.1, -0.05) is 49.7 Å². The Morgan fingerprint density at radius 3 is 2.35 bits per heavy atom. The molecule has 2 aromatic carbocycles. The first-order valence-corrected chi connectivity index (χ1v) is 8.84. The number of carbonyl (C=O) groups is 2. The maximum absolute atomic E-state index is 12.9. The maximum Gasteiger partial charge on any atom is 0.253 e. The number of nitrogens with one attached hydrogen (secondary N) is 2. The molecule has 0 saturated carbocycles. The number of amides is 2. The predicted molar refractivity (Wildman–Crippen MR) is 101 cm³/mol. The van der Waals surface area contributed by atoms with Crippen molar-refractivity contribution in [2.45, 2.75) is 26.3 Å². The van der Waals surface area contributed by atoms with E-state index < -0.39 is 6.04 Å². The van der Waals surface area contributed by atoms with Crippen LogP contribution in [0.15, 0.2) is 48.5 Å². The minimum Gasteiger partial charge on any atom is -0.354 e. The monoisotopic (exact) mass is 376 g/mol. The molecule has 0 aliphatic carbocycles. The minimum absolute atomic E-state index is 0.0905. The molecule has 2 amide bonds. The van der Waals surface area contributed by atoms with Gasteiger partial charge < -0.3 is 10.6 Å². The Morgan fingerprint density at radius 2 is 1.73 bits per heavy atom. The van der Waals surface area contributed by atoms with Crippen molar-refractivity contribution in [2.24, 2.45) is 5.92 Å². The summed E-state index contributed by atoms with van der Waals surface area (Å²) in [5, 5.41) is 5.90. The van der Waals surface area contributed by atoms with Crippen LogP contribution in [0, 0.1) is 11.7 Å². The van der Waals surface area contributed by atoms with Crippen LogP contribution in [0.4, 0.5) is 4.39 Å². The molecule has 0 aliphatic rings. The quantitative estimate of drug-likeness (QED) is 0.775. The van der Waals surface area contributed by atoms with E-state index in [0.29, 0.717) is 23.6 Å². The van der Waals surface area contributed by atoms with E-state index >= 15 is 0 Å². The maximum atomic E-state index is 12.9. The van der Waals surface area contributed by atoms with Crippen LogP contribution in [-0.2, 0) is 11.2 Å². The molecule has 0 unspecified atom stereocenters. The van der Waals surface area contributed by atoms with Crippen molar-refractivity contribution in [3.63, 3.8) is 0 Å². The fraction of sp³-hybridized carbons (Fsp3) is 0.300. The molecule has 4 nitrogen and oxygen atoms in total. The number of hydrogen-bond acceptors (Lipinski definition) is 2. The molecule has 0 saturated heterocycles. The highest BCUT2D eigenvalue weighted by atomic mass is 35.5. The standard InChI is InChI=1S/C20H22ClFN2O2/c1-13(2)18(24-19(25)16-5-3-4-6-17(16)21)20(26)23-12-11-14-7-9-15(22)10-8-14/h3-10,13,18H,11-12H2,1-2H3,(H,23,26)(H,24,25)/t18-/m0/s1. The van der Waals surface area contributed by atoms with Gasteiger partial charge in [-0.25, -0.2) is 4.39 Å². The van der Waals surface area contributed by atoms with Crippen molar-refractivity contribution in [3.05, 3.63) is 70.5 Å². The number of benzene rings is 2. The average molecular weight is 377 g/mol. The molecule has 0 heterocycles. The number of carbonyl (C=O) groups excluding carboxylic acids is 2. The Morgan fingerprint density at radius 1 is 1.08 bits per heavy atom. The molecule has 0 spiro atoms. The van der Waals surface area contributed by atoms with Crippen LogP contribution >= 0.6 is 11.6 Å². The lowest BCUT2D eigenvalue weighted by molar-refractivity contribution is -0.123. The molecular weight excluding hydrogens is 355 g/mol. The van der Waals surface area contributed by atoms with Crippen LogP contribution < -0.4 is 10.6 Å². The zero-order valence-electron chi connectivity index (χ0n) is 14.8. The van der Waals surface area contributed by atoms with Crippen molar-refractivity contribution in [3.8, 4) is 0 Å². The molecule has 2 aromatic rings. The summed E-state index contributed by atoms with van der Waals surface area (Å²) >= 11 is 6.04. The van der Waals surface area contributed by atoms with E-state index in [0.717, 1.165) is 5.56 Å². The lowest BCUT2D eigenvalue weighted by Gasteiger charge is -2.22. The smallest absolute Gasteiger partial charge is 0.253 e. The van der Waals surface area contributed by atoms with Crippen LogP contribution in [0.5, 0.6) is 0 Å². The van der Waals surface area contributed by atoms with E-state index in [9.17, 15) is 14.0 Å². The third-order valence-corrected chi connectivity index (χ3v) is 4.31. The van der Waals surface area contributed by atoms with Crippen molar-refractivity contribution in [1.29, 1.82) is 0 Å². The van der Waals surface area contributed by atoms with Gasteiger partial charge in [0.15, 0.2) is 0 Å². The summed E-state index contributed by atoms with van der Waals surface area (Å²) in [5.41, 5.74) is 1.26. The predicted octanol–water partition coefficient (Wildman–Crippen LogP) is 3.59. The fourth-order valence-electron chi connectivity index (χ4n) is 2.49. The van der Waals surface area contributed by atoms with Crippen molar-refractivity contribution in [2.75, 3.05) is 6.54 Å². The minimum atomic E-state index is -0.674. The number of hydrogen-bond donors (Lipinski definition) is 2. The van der Waals surface area contributed by atoms with Crippen LogP contribution in [-0.4, -0.2) is 24.4 Å². The summed E-state index contributed by atoms with van der Waals surface area (Å²) in [6, 6.07) is 12.2. The van der Waals surface area contributed by atoms with Crippen LogP contribution in [0.2, 0.25) is 5.02 Å². The van der Waals surface area contributed by atoms with Gasteiger partial charge in [-0.15, -0.1) is 0 Å². The van der Waals surface area contributed by atoms with E-state index in [1.165, 1.54) is 12.1 Å². The summed E-state index contributed by atoms with van der Waals surface area (Å²) in [5.74, 6) is -1.03. The lowest BCUT2D eigenvalue weighted by Crippen LogP contribution is -2.50. The van der Waals surface area contributed by atoms with Crippen LogP contribution in [0.1, 0.15) is 29.8 Å². The molecule has 1 atom stereocenters. The third kappa shape index (κ3) is 5.56. The number of halogens is 2. The molecule has 0 aromatic heterocycles. The molecular formula is C20H22ClFN2O2. The summed E-state index contributed by atoms with van der Waals surface area (Å²) in [4.78, 5) is 24.9. The first-order chi connectivity index (χ1) is 12.4. The molecule has 0 radical (unpaired) electrons. The van der Waals surface area contributed by atoms with Gasteiger partial charge in [0, 0.05) is 6.54 Å². The highest BCUT2D eigenvalue weighted by molar-refractivity contribution is 6.33. The normalized spacial score (nSPS) is 11.9. The van der Waals surface area contributed by atoms with E-state index in [4.69, 9.17) is 11.6 Å². The first kappa shape index (κ1) is 19.9. The SMILES string of the molecule is CC(C)[C@H](NC(=O)c1ccccc1Cl)C(=O)NCCc1ccc(F)cc1. The second-order valence-electron chi connectivity index (χ2n) is 6.34. The summed E-state index contributed by atoms with van der Waals surface area (Å²) < 4.78 is 12.9. The van der Waals surface area contributed by atoms with Crippen molar-refractivity contribution in [1.82, 2.24) is 10.6 Å². The Balaban J connectivity index is 1.93. The van der Waals surface area contributed by atoms with E-state index in [-0.39, 0.29) is 23.5 Å². The first-order valence-electron chi connectivity index (χ1n) is 8.46. The Bertz CT molecular complexity index is 763. The molecule has 0 aliphatic heterocycles. The van der Waals surface area contributed by atoms with E-state index in [2.05, 4.69) is 10.6 Å². The van der Waals surface area contributed by atoms with Crippen molar-refractivity contribution < 1.29 is 14.0 Å². The second kappa shape index (κ2) is 9.34. The molecule has 2 rings (SSSR count). The summed E-state index contributed by atoms with van der Waals surface area (Å²) in [6.07, 6.45) is 0.579. The highest BCUT2D eigenvalue weighted by Crippen LogP contribution is 2.15. The van der Waals surface area contributed by atoms with Gasteiger partial charge in [-0.05, 0) is 42.2 Å². The molecule has 26 heavy (non-hydrogen) atoms. The van der Waals surface area contributed by atoms with Crippen LogP contribution in [0.25, 0.3) is 0 Å². The lowest BCUT2D eigenvalue weighted by atomic mass is 10.0. The Labute approximate surface area is 157 Å². The molecule has 138 valence electrons. The Kier molecular flexibility index (Phi) is 7.16. The third-order valence-electron chi connectivity index (χ3n) is 3.98. The Hall–Kier alpha value is -2.40. The van der Waals surface area contributed by atoms with E-state index in [1.54, 1.807) is 36.4 Å². The van der Waals surface area contributed by atoms with Gasteiger partial charge in [0.1, 0.15) is 11.9 Å². The van der Waals surface area contributed by atoms with Gasteiger partial charge in [0.2, 0.25) is 5.91 Å². The summed E-state index contributed by atoms with van der Waals surface area (Å²) in [6.45, 7) is 4.11. The molecule has 0 bridgehead atoms. The van der Waals surface area contributed by atoms with Gasteiger partial charge in [-0.2, -0.15) is 0 Å². The van der Waals surface area contributed by atoms with Gasteiger partial charge in [0.05, 0.1) is 10.6 Å². The zero-order valence-corrected chi connectivity index (χ0v) is 15.5. The average Bonchev–Trinajstić information content (AvgIpc) is 2.61. The van der Waals surface area contributed by atoms with E-state index in [1.807, 2.05) is 13.8 Å². The fourth-order valence-corrected chi connectivity index (χ4v) is 2.71. The van der Waals surface area contributed by atoms with Gasteiger partial charge in [-0.3, -0.25) is 9.59 Å². The van der Waals surface area contributed by atoms with Gasteiger partial charge in [0.25, 0.3) is 5.91 Å². The van der Waals surface area contributed by atoms with Gasteiger partial charge >= 0.3 is 0 Å². The topological polar surface area (TPSA) is 58.2 Å². The summed E-state index contributed by atoms with van der Waals surface area (Å²) in [7, 11) is 0. The second-order valence-corrected chi connectivity index (χ2v) is 6.75.